The molecular formula is C24H22F2. The van der Waals surface area contributed by atoms with Crippen molar-refractivity contribution in [1.82, 2.24) is 0 Å². The molecule has 0 atom stereocenters. The van der Waals surface area contributed by atoms with Crippen molar-refractivity contribution in [3.8, 4) is 22.3 Å². The van der Waals surface area contributed by atoms with Crippen molar-refractivity contribution < 1.29 is 8.78 Å². The molecule has 3 aromatic rings. The van der Waals surface area contributed by atoms with Crippen LogP contribution in [-0.2, 0) is 19.3 Å². The lowest BCUT2D eigenvalue weighted by Gasteiger charge is -2.21. The van der Waals surface area contributed by atoms with E-state index in [1.807, 2.05) is 6.07 Å². The Morgan fingerprint density at radius 2 is 1.38 bits per heavy atom. The molecule has 0 amide bonds. The second-order valence-electron chi connectivity index (χ2n) is 7.13. The summed E-state index contributed by atoms with van der Waals surface area (Å²) in [6.45, 7) is 2.22. The van der Waals surface area contributed by atoms with Crippen molar-refractivity contribution in [2.45, 2.75) is 39.0 Å². The summed E-state index contributed by atoms with van der Waals surface area (Å²) >= 11 is 0. The van der Waals surface area contributed by atoms with Gasteiger partial charge in [-0.3, -0.25) is 0 Å². The second-order valence-corrected chi connectivity index (χ2v) is 7.13. The van der Waals surface area contributed by atoms with Gasteiger partial charge in [0.05, 0.1) is 0 Å². The minimum absolute atomic E-state index is 0.539. The normalized spacial score (nSPS) is 12.6. The highest BCUT2D eigenvalue weighted by molar-refractivity contribution is 5.77. The van der Waals surface area contributed by atoms with Gasteiger partial charge in [0, 0.05) is 6.07 Å². The van der Waals surface area contributed by atoms with Crippen LogP contribution < -0.4 is 0 Å². The van der Waals surface area contributed by atoms with E-state index in [9.17, 15) is 8.78 Å². The highest BCUT2D eigenvalue weighted by Crippen LogP contribution is 2.36. The van der Waals surface area contributed by atoms with E-state index in [0.29, 0.717) is 5.56 Å². The second kappa shape index (κ2) is 7.03. The molecule has 0 saturated carbocycles. The fourth-order valence-electron chi connectivity index (χ4n) is 3.89. The Labute approximate surface area is 153 Å². The first kappa shape index (κ1) is 17.0. The van der Waals surface area contributed by atoms with E-state index in [0.717, 1.165) is 30.9 Å². The van der Waals surface area contributed by atoms with Crippen LogP contribution in [0.2, 0.25) is 0 Å². The minimum atomic E-state index is -0.539. The smallest absolute Gasteiger partial charge is 0.126 e. The number of unbranched alkanes of at least 4 members (excludes halogenated alkanes) is 1. The predicted octanol–water partition coefficient (Wildman–Crippen LogP) is 6.74. The topological polar surface area (TPSA) is 0 Å². The molecule has 0 N–H and O–H groups in total. The molecule has 0 aromatic heterocycles. The third-order valence-electron chi connectivity index (χ3n) is 5.24. The van der Waals surface area contributed by atoms with Gasteiger partial charge in [0.2, 0.25) is 0 Å². The van der Waals surface area contributed by atoms with Crippen LogP contribution in [0.5, 0.6) is 0 Å². The van der Waals surface area contributed by atoms with Crippen LogP contribution in [0.3, 0.4) is 0 Å². The lowest BCUT2D eigenvalue weighted by Crippen LogP contribution is -2.05. The number of rotatable bonds is 4. The molecule has 3 aromatic carbocycles. The molecule has 0 saturated heterocycles. The van der Waals surface area contributed by atoms with Crippen LogP contribution in [0.15, 0.2) is 54.6 Å². The van der Waals surface area contributed by atoms with Crippen molar-refractivity contribution in [3.05, 3.63) is 82.9 Å². The summed E-state index contributed by atoms with van der Waals surface area (Å²) in [6.07, 6.45) is 5.56. The van der Waals surface area contributed by atoms with Crippen molar-refractivity contribution >= 4 is 0 Å². The van der Waals surface area contributed by atoms with Gasteiger partial charge in [-0.2, -0.15) is 0 Å². The summed E-state index contributed by atoms with van der Waals surface area (Å²) < 4.78 is 27.1. The average molecular weight is 348 g/mol. The quantitative estimate of drug-likeness (QED) is 0.490. The molecule has 1 aliphatic rings. The van der Waals surface area contributed by atoms with Crippen LogP contribution in [0.4, 0.5) is 8.78 Å². The maximum atomic E-state index is 13.5. The van der Waals surface area contributed by atoms with E-state index in [-0.39, 0.29) is 0 Å². The molecule has 4 rings (SSSR count). The Morgan fingerprint density at radius 1 is 0.731 bits per heavy atom. The van der Waals surface area contributed by atoms with Crippen LogP contribution in [-0.4, -0.2) is 0 Å². The molecule has 2 heteroatoms. The first-order valence-corrected chi connectivity index (χ1v) is 9.35. The fraction of sp³-hybridized carbons (Fsp3) is 0.250. The van der Waals surface area contributed by atoms with E-state index in [2.05, 4.69) is 37.3 Å². The zero-order chi connectivity index (χ0) is 18.1. The van der Waals surface area contributed by atoms with Crippen LogP contribution in [0.1, 0.15) is 36.5 Å². The maximum Gasteiger partial charge on any atom is 0.126 e. The summed E-state index contributed by atoms with van der Waals surface area (Å²) in [4.78, 5) is 0. The van der Waals surface area contributed by atoms with E-state index in [1.165, 1.54) is 52.8 Å². The van der Waals surface area contributed by atoms with Gasteiger partial charge in [-0.1, -0.05) is 49.7 Å². The molecule has 0 nitrogen and oxygen atoms in total. The van der Waals surface area contributed by atoms with Gasteiger partial charge in [0.25, 0.3) is 0 Å². The Morgan fingerprint density at radius 3 is 2.08 bits per heavy atom. The van der Waals surface area contributed by atoms with Crippen molar-refractivity contribution in [2.75, 3.05) is 0 Å². The van der Waals surface area contributed by atoms with Gasteiger partial charge in [-0.05, 0) is 76.8 Å². The summed E-state index contributed by atoms with van der Waals surface area (Å²) in [7, 11) is 0. The summed E-state index contributed by atoms with van der Waals surface area (Å²) in [5.74, 6) is -1.08. The Balaban J connectivity index is 1.70. The average Bonchev–Trinajstić information content (AvgIpc) is 2.64. The van der Waals surface area contributed by atoms with Gasteiger partial charge in [0.1, 0.15) is 11.6 Å². The van der Waals surface area contributed by atoms with E-state index in [4.69, 9.17) is 0 Å². The molecule has 0 unspecified atom stereocenters. The predicted molar refractivity (Wildman–Crippen MR) is 103 cm³/mol. The summed E-state index contributed by atoms with van der Waals surface area (Å²) in [6, 6.07) is 16.7. The molecule has 0 bridgehead atoms. The van der Waals surface area contributed by atoms with Crippen LogP contribution in [0, 0.1) is 11.6 Å². The monoisotopic (exact) mass is 348 g/mol. The van der Waals surface area contributed by atoms with Gasteiger partial charge >= 0.3 is 0 Å². The Bertz CT molecular complexity index is 936. The highest BCUT2D eigenvalue weighted by Gasteiger charge is 2.17. The van der Waals surface area contributed by atoms with E-state index >= 15 is 0 Å². The molecule has 0 heterocycles. The SMILES string of the molecule is CCCCc1ccc2c(c1)CCc1cc(-c3cc(F)cc(F)c3)ccc1-2. The number of benzene rings is 3. The third-order valence-corrected chi connectivity index (χ3v) is 5.24. The van der Waals surface area contributed by atoms with Crippen molar-refractivity contribution in [1.29, 1.82) is 0 Å². The van der Waals surface area contributed by atoms with E-state index in [1.54, 1.807) is 0 Å². The first-order chi connectivity index (χ1) is 12.6. The molecule has 26 heavy (non-hydrogen) atoms. The maximum absolute atomic E-state index is 13.5. The van der Waals surface area contributed by atoms with Gasteiger partial charge < -0.3 is 0 Å². The number of hydrogen-bond acceptors (Lipinski definition) is 0. The lowest BCUT2D eigenvalue weighted by molar-refractivity contribution is 0.584. The fourth-order valence-corrected chi connectivity index (χ4v) is 3.89. The largest absolute Gasteiger partial charge is 0.207 e. The minimum Gasteiger partial charge on any atom is -0.207 e. The molecule has 0 fully saturated rings. The van der Waals surface area contributed by atoms with E-state index < -0.39 is 11.6 Å². The zero-order valence-corrected chi connectivity index (χ0v) is 15.0. The van der Waals surface area contributed by atoms with Crippen LogP contribution >= 0.6 is 0 Å². The lowest BCUT2D eigenvalue weighted by atomic mass is 9.83. The number of fused-ring (bicyclic) bond motifs is 3. The Hall–Kier alpha value is -2.48. The summed E-state index contributed by atoms with van der Waals surface area (Å²) in [5, 5.41) is 0. The van der Waals surface area contributed by atoms with Gasteiger partial charge in [-0.15, -0.1) is 0 Å². The molecule has 0 aliphatic heterocycles. The molecule has 1 aliphatic carbocycles. The van der Waals surface area contributed by atoms with Crippen molar-refractivity contribution in [3.63, 3.8) is 0 Å². The zero-order valence-electron chi connectivity index (χ0n) is 15.0. The number of hydrogen-bond donors (Lipinski definition) is 0. The third kappa shape index (κ3) is 3.29. The van der Waals surface area contributed by atoms with Crippen molar-refractivity contribution in [2.24, 2.45) is 0 Å². The standard InChI is InChI=1S/C24H22F2/c1-2-3-4-16-5-9-23-18(11-16)6-7-19-12-17(8-10-24(19)23)20-13-21(25)15-22(26)14-20/h5,8-15H,2-4,6-7H2,1H3. The van der Waals surface area contributed by atoms with Crippen LogP contribution in [0.25, 0.3) is 22.3 Å². The number of halogens is 2. The Kier molecular flexibility index (Phi) is 4.58. The first-order valence-electron chi connectivity index (χ1n) is 9.35. The molecule has 0 radical (unpaired) electrons. The van der Waals surface area contributed by atoms with Gasteiger partial charge in [0.15, 0.2) is 0 Å². The number of aryl methyl sites for hydroxylation is 3. The molecule has 0 spiro atoms. The van der Waals surface area contributed by atoms with Gasteiger partial charge in [-0.25, -0.2) is 8.78 Å². The summed E-state index contributed by atoms with van der Waals surface area (Å²) in [5.41, 5.74) is 8.08. The molecule has 132 valence electrons. The highest BCUT2D eigenvalue weighted by atomic mass is 19.1. The molecular weight excluding hydrogens is 326 g/mol.